The van der Waals surface area contributed by atoms with Crippen LogP contribution in [0.25, 0.3) is 0 Å². The summed E-state index contributed by atoms with van der Waals surface area (Å²) in [6, 6.07) is 6.52. The number of carbonyl (C=O) groups excluding carboxylic acids is 1. The maximum absolute atomic E-state index is 13.1. The second-order valence-corrected chi connectivity index (χ2v) is 6.66. The van der Waals surface area contributed by atoms with Gasteiger partial charge < -0.3 is 10.3 Å². The van der Waals surface area contributed by atoms with Crippen molar-refractivity contribution in [1.29, 1.82) is 0 Å². The van der Waals surface area contributed by atoms with E-state index in [1.807, 2.05) is 0 Å². The fourth-order valence-corrected chi connectivity index (χ4v) is 2.40. The molecule has 2 rings (SSSR count). The van der Waals surface area contributed by atoms with Crippen LogP contribution in [0.4, 0.5) is 13.2 Å². The Hall–Kier alpha value is -2.64. The van der Waals surface area contributed by atoms with E-state index in [0.29, 0.717) is 11.4 Å². The Kier molecular flexibility index (Phi) is 5.25. The Bertz CT molecular complexity index is 855. The van der Waals surface area contributed by atoms with Crippen LogP contribution in [-0.2, 0) is 5.41 Å². The van der Waals surface area contributed by atoms with E-state index in [4.69, 9.17) is 0 Å². The number of carbonyl (C=O) groups is 1. The van der Waals surface area contributed by atoms with Crippen LogP contribution in [-0.4, -0.2) is 22.1 Å². The number of nitrogens with zero attached hydrogens (tertiary/aromatic N) is 1. The molecule has 0 bridgehead atoms. The van der Waals surface area contributed by atoms with Gasteiger partial charge in [-0.3, -0.25) is 9.59 Å². The molecule has 0 saturated carbocycles. The number of nitrogens with one attached hydrogen (secondary N) is 2. The molecule has 8 heteroatoms. The second-order valence-electron chi connectivity index (χ2n) is 6.66. The largest absolute Gasteiger partial charge is 0.397 e. The Labute approximate surface area is 148 Å². The Morgan fingerprint density at radius 2 is 1.77 bits per heavy atom. The lowest BCUT2D eigenvalue weighted by Gasteiger charge is -2.28. The standard InChI is InChI=1S/C18H20F3N3O2/c1-10(22-16(26)14-9-15(25)24-11(2)23-14)12-5-7-13(8-6-12)17(3,4)18(19,20)21/h5-10H,1-4H3,(H,22,26)(H,23,24,25)/t10-/m0/s1. The average Bonchev–Trinajstić information content (AvgIpc) is 2.52. The zero-order chi connectivity index (χ0) is 19.7. The Morgan fingerprint density at radius 1 is 1.19 bits per heavy atom. The van der Waals surface area contributed by atoms with Gasteiger partial charge in [-0.05, 0) is 38.8 Å². The number of hydrogen-bond acceptors (Lipinski definition) is 3. The number of amides is 1. The molecule has 140 valence electrons. The van der Waals surface area contributed by atoms with Gasteiger partial charge in [-0.15, -0.1) is 0 Å². The zero-order valence-corrected chi connectivity index (χ0v) is 14.9. The van der Waals surface area contributed by atoms with Crippen LogP contribution in [0.1, 0.15) is 54.3 Å². The van der Waals surface area contributed by atoms with Gasteiger partial charge in [0.2, 0.25) is 0 Å². The molecule has 0 radical (unpaired) electrons. The summed E-state index contributed by atoms with van der Waals surface area (Å²) in [7, 11) is 0. The minimum absolute atomic E-state index is 0.0204. The third-order valence-electron chi connectivity index (χ3n) is 4.28. The minimum Gasteiger partial charge on any atom is -0.344 e. The molecule has 0 aliphatic carbocycles. The molecule has 0 aliphatic rings. The molecule has 1 amide bonds. The van der Waals surface area contributed by atoms with Crippen molar-refractivity contribution in [3.8, 4) is 0 Å². The van der Waals surface area contributed by atoms with E-state index in [1.54, 1.807) is 26.0 Å². The highest BCUT2D eigenvalue weighted by Gasteiger charge is 2.48. The first-order valence-corrected chi connectivity index (χ1v) is 7.98. The van der Waals surface area contributed by atoms with Crippen LogP contribution in [0.5, 0.6) is 0 Å². The van der Waals surface area contributed by atoms with Gasteiger partial charge in [-0.25, -0.2) is 4.98 Å². The molecule has 0 spiro atoms. The van der Waals surface area contributed by atoms with Gasteiger partial charge in [0.25, 0.3) is 11.5 Å². The summed E-state index contributed by atoms with van der Waals surface area (Å²) in [6.07, 6.45) is -4.36. The Balaban J connectivity index is 2.16. The molecule has 1 heterocycles. The van der Waals surface area contributed by atoms with Crippen molar-refractivity contribution in [2.75, 3.05) is 0 Å². The normalized spacial score (nSPS) is 13.3. The van der Waals surface area contributed by atoms with Gasteiger partial charge in [0.1, 0.15) is 11.5 Å². The van der Waals surface area contributed by atoms with Crippen molar-refractivity contribution in [2.45, 2.75) is 45.3 Å². The highest BCUT2D eigenvalue weighted by molar-refractivity contribution is 5.92. The number of halogens is 3. The number of alkyl halides is 3. The summed E-state index contributed by atoms with van der Waals surface area (Å²) in [4.78, 5) is 30.0. The van der Waals surface area contributed by atoms with E-state index in [2.05, 4.69) is 15.3 Å². The van der Waals surface area contributed by atoms with E-state index in [0.717, 1.165) is 19.9 Å². The average molecular weight is 367 g/mol. The lowest BCUT2D eigenvalue weighted by molar-refractivity contribution is -0.180. The van der Waals surface area contributed by atoms with Crippen molar-refractivity contribution >= 4 is 5.91 Å². The number of aromatic amines is 1. The van der Waals surface area contributed by atoms with Crippen molar-refractivity contribution < 1.29 is 18.0 Å². The van der Waals surface area contributed by atoms with Gasteiger partial charge in [0.15, 0.2) is 0 Å². The quantitative estimate of drug-likeness (QED) is 0.870. The van der Waals surface area contributed by atoms with Gasteiger partial charge in [0.05, 0.1) is 11.5 Å². The lowest BCUT2D eigenvalue weighted by Crippen LogP contribution is -2.36. The van der Waals surface area contributed by atoms with E-state index in [-0.39, 0.29) is 11.3 Å². The summed E-state index contributed by atoms with van der Waals surface area (Å²) in [5, 5.41) is 2.68. The Morgan fingerprint density at radius 3 is 2.27 bits per heavy atom. The third-order valence-corrected chi connectivity index (χ3v) is 4.28. The van der Waals surface area contributed by atoms with Crippen molar-refractivity contribution in [2.24, 2.45) is 0 Å². The van der Waals surface area contributed by atoms with Crippen LogP contribution < -0.4 is 10.9 Å². The van der Waals surface area contributed by atoms with Crippen LogP contribution in [0, 0.1) is 6.92 Å². The smallest absolute Gasteiger partial charge is 0.344 e. The van der Waals surface area contributed by atoms with Gasteiger partial charge in [-0.1, -0.05) is 24.3 Å². The fraction of sp³-hybridized carbons (Fsp3) is 0.389. The molecule has 26 heavy (non-hydrogen) atoms. The van der Waals surface area contributed by atoms with E-state index in [9.17, 15) is 22.8 Å². The molecule has 2 N–H and O–H groups in total. The summed E-state index contributed by atoms with van der Waals surface area (Å²) >= 11 is 0. The molecule has 2 aromatic rings. The summed E-state index contributed by atoms with van der Waals surface area (Å²) < 4.78 is 39.3. The highest BCUT2D eigenvalue weighted by atomic mass is 19.4. The van der Waals surface area contributed by atoms with Crippen molar-refractivity contribution in [3.05, 3.63) is 63.3 Å². The maximum Gasteiger partial charge on any atom is 0.397 e. The molecule has 0 fully saturated rings. The summed E-state index contributed by atoms with van der Waals surface area (Å²) in [6.45, 7) is 5.49. The van der Waals surface area contributed by atoms with Gasteiger partial charge >= 0.3 is 6.18 Å². The van der Waals surface area contributed by atoms with Crippen LogP contribution in [0.2, 0.25) is 0 Å². The third kappa shape index (κ3) is 4.12. The number of hydrogen-bond donors (Lipinski definition) is 2. The summed E-state index contributed by atoms with van der Waals surface area (Å²) in [5.41, 5.74) is -1.65. The first kappa shape index (κ1) is 19.7. The van der Waals surface area contributed by atoms with Crippen molar-refractivity contribution in [3.63, 3.8) is 0 Å². The number of aryl methyl sites for hydroxylation is 1. The predicted octanol–water partition coefficient (Wildman–Crippen LogP) is 3.41. The van der Waals surface area contributed by atoms with E-state index in [1.165, 1.54) is 12.1 Å². The first-order valence-electron chi connectivity index (χ1n) is 7.98. The van der Waals surface area contributed by atoms with E-state index >= 15 is 0 Å². The molecule has 5 nitrogen and oxygen atoms in total. The van der Waals surface area contributed by atoms with Gasteiger partial charge in [0, 0.05) is 6.07 Å². The number of rotatable bonds is 4. The van der Waals surface area contributed by atoms with Crippen molar-refractivity contribution in [1.82, 2.24) is 15.3 Å². The van der Waals surface area contributed by atoms with Crippen LogP contribution in [0.15, 0.2) is 35.1 Å². The topological polar surface area (TPSA) is 74.8 Å². The lowest BCUT2D eigenvalue weighted by atomic mass is 9.83. The predicted molar refractivity (Wildman–Crippen MR) is 91.0 cm³/mol. The van der Waals surface area contributed by atoms with Crippen LogP contribution in [0.3, 0.4) is 0 Å². The highest BCUT2D eigenvalue weighted by Crippen LogP contribution is 2.40. The molecule has 0 unspecified atom stereocenters. The molecular weight excluding hydrogens is 347 g/mol. The fourth-order valence-electron chi connectivity index (χ4n) is 2.40. The molecule has 1 aromatic carbocycles. The SMILES string of the molecule is Cc1nc(C(=O)N[C@@H](C)c2ccc(C(C)(C)C(F)(F)F)cc2)cc(=O)[nH]1. The summed E-state index contributed by atoms with van der Waals surface area (Å²) in [5.74, 6) is -0.222. The number of H-pyrrole nitrogens is 1. The zero-order valence-electron chi connectivity index (χ0n) is 14.9. The maximum atomic E-state index is 13.1. The molecule has 0 saturated heterocycles. The van der Waals surface area contributed by atoms with E-state index < -0.39 is 29.1 Å². The minimum atomic E-state index is -4.36. The first-order chi connectivity index (χ1) is 11.9. The van der Waals surface area contributed by atoms with Crippen LogP contribution >= 0.6 is 0 Å². The monoisotopic (exact) mass is 367 g/mol. The molecule has 1 atom stereocenters. The van der Waals surface area contributed by atoms with Gasteiger partial charge in [-0.2, -0.15) is 13.2 Å². The second kappa shape index (κ2) is 6.93. The number of aromatic nitrogens is 2. The molecular formula is C18H20F3N3O2. The molecule has 0 aliphatic heterocycles. The molecule has 1 aromatic heterocycles. The number of benzene rings is 1.